The van der Waals surface area contributed by atoms with Crippen LogP contribution >= 0.6 is 11.6 Å². The van der Waals surface area contributed by atoms with E-state index < -0.39 is 48.0 Å². The molecule has 0 aliphatic carbocycles. The van der Waals surface area contributed by atoms with Crippen molar-refractivity contribution >= 4 is 53.0 Å². The van der Waals surface area contributed by atoms with Crippen LogP contribution in [0, 0.1) is 0 Å². The molecule has 0 heterocycles. The van der Waals surface area contributed by atoms with Crippen molar-refractivity contribution in [3.8, 4) is 23.0 Å². The Bertz CT molecular complexity index is 1640. The van der Waals surface area contributed by atoms with Gasteiger partial charge in [-0.2, -0.15) is 0 Å². The lowest BCUT2D eigenvalue weighted by atomic mass is 10.1. The van der Waals surface area contributed by atoms with Gasteiger partial charge in [-0.3, -0.25) is 14.4 Å². The summed E-state index contributed by atoms with van der Waals surface area (Å²) >= 11 is 6.12. The zero-order chi connectivity index (χ0) is 33.3. The number of esters is 4. The van der Waals surface area contributed by atoms with Crippen LogP contribution in [0.15, 0.2) is 60.7 Å². The number of methoxy groups -OCH3 is 2. The van der Waals surface area contributed by atoms with Crippen molar-refractivity contribution < 1.29 is 62.3 Å². The minimum absolute atomic E-state index is 0.0259. The van der Waals surface area contributed by atoms with Gasteiger partial charge in [0.1, 0.15) is 0 Å². The molecule has 0 spiro atoms. The molecule has 3 rings (SSSR count). The van der Waals surface area contributed by atoms with Crippen LogP contribution < -0.4 is 24.3 Å². The highest BCUT2D eigenvalue weighted by molar-refractivity contribution is 6.33. The fraction of sp³-hybridized carbons (Fsp3) is 0.200. The molecule has 14 nitrogen and oxygen atoms in total. The van der Waals surface area contributed by atoms with Crippen LogP contribution in [-0.4, -0.2) is 67.3 Å². The molecular formula is C30H26ClNO13. The lowest BCUT2D eigenvalue weighted by Gasteiger charge is -2.24. The Morgan fingerprint density at radius 3 is 1.58 bits per heavy atom. The van der Waals surface area contributed by atoms with Crippen molar-refractivity contribution in [1.29, 1.82) is 0 Å². The number of nitrogens with one attached hydrogen (secondary N) is 1. The first-order chi connectivity index (χ1) is 21.3. The van der Waals surface area contributed by atoms with E-state index in [0.29, 0.717) is 0 Å². The smallest absolute Gasteiger partial charge is 0.349 e. The predicted octanol–water partition coefficient (Wildman–Crippen LogP) is 3.68. The van der Waals surface area contributed by atoms with Gasteiger partial charge in [-0.15, -0.1) is 0 Å². The van der Waals surface area contributed by atoms with Crippen LogP contribution in [0.1, 0.15) is 34.6 Å². The Balaban J connectivity index is 1.98. The summed E-state index contributed by atoms with van der Waals surface area (Å²) in [5.41, 5.74) is -0.449. The van der Waals surface area contributed by atoms with E-state index in [4.69, 9.17) is 40.0 Å². The largest absolute Gasteiger partial charge is 0.493 e. The first kappa shape index (κ1) is 33.9. The van der Waals surface area contributed by atoms with Crippen molar-refractivity contribution in [3.05, 3.63) is 76.8 Å². The SMILES string of the molecule is COc1cc(C(=O)O[C@H](C(=O)Nc2ccccc2Cl)[C@@H](OC(=O)c2ccc(OC(C)=O)c(OC)c2)C(=O)O)ccc1OC(C)=O. The second-order valence-corrected chi connectivity index (χ2v) is 9.28. The summed E-state index contributed by atoms with van der Waals surface area (Å²) < 4.78 is 30.7. The zero-order valence-electron chi connectivity index (χ0n) is 24.2. The van der Waals surface area contributed by atoms with Crippen molar-refractivity contribution in [2.24, 2.45) is 0 Å². The molecule has 0 aliphatic rings. The Morgan fingerprint density at radius 1 is 0.689 bits per heavy atom. The molecule has 236 valence electrons. The van der Waals surface area contributed by atoms with Gasteiger partial charge in [-0.1, -0.05) is 23.7 Å². The molecule has 0 unspecified atom stereocenters. The molecule has 0 bridgehead atoms. The first-order valence-electron chi connectivity index (χ1n) is 12.8. The van der Waals surface area contributed by atoms with Crippen molar-refractivity contribution in [3.63, 3.8) is 0 Å². The van der Waals surface area contributed by atoms with Crippen LogP contribution in [0.25, 0.3) is 0 Å². The number of carbonyl (C=O) groups is 6. The van der Waals surface area contributed by atoms with Crippen LogP contribution in [-0.2, 0) is 28.7 Å². The van der Waals surface area contributed by atoms with Crippen molar-refractivity contribution in [2.45, 2.75) is 26.1 Å². The van der Waals surface area contributed by atoms with Crippen LogP contribution in [0.4, 0.5) is 5.69 Å². The molecule has 0 saturated carbocycles. The van der Waals surface area contributed by atoms with Gasteiger partial charge in [0.05, 0.1) is 36.1 Å². The maximum Gasteiger partial charge on any atom is 0.349 e. The van der Waals surface area contributed by atoms with Crippen molar-refractivity contribution in [1.82, 2.24) is 0 Å². The number of carboxylic acid groups (broad SMARTS) is 1. The predicted molar refractivity (Wildman–Crippen MR) is 155 cm³/mol. The molecule has 15 heteroatoms. The monoisotopic (exact) mass is 643 g/mol. The van der Waals surface area contributed by atoms with Gasteiger partial charge in [-0.25, -0.2) is 14.4 Å². The van der Waals surface area contributed by atoms with E-state index in [0.717, 1.165) is 32.0 Å². The van der Waals surface area contributed by atoms with Gasteiger partial charge >= 0.3 is 29.8 Å². The number of ether oxygens (including phenoxy) is 6. The normalized spacial score (nSPS) is 11.7. The maximum absolute atomic E-state index is 13.4. The molecule has 0 radical (unpaired) electrons. The number of carbonyl (C=O) groups excluding carboxylic acids is 5. The average molecular weight is 644 g/mol. The summed E-state index contributed by atoms with van der Waals surface area (Å²) in [7, 11) is 2.48. The Labute approximate surface area is 260 Å². The number of para-hydroxylation sites is 1. The molecule has 2 atom stereocenters. The maximum atomic E-state index is 13.4. The third-order valence-corrected chi connectivity index (χ3v) is 6.01. The van der Waals surface area contributed by atoms with Gasteiger partial charge in [0.25, 0.3) is 5.91 Å². The van der Waals surface area contributed by atoms with Gasteiger partial charge in [-0.05, 0) is 48.5 Å². The van der Waals surface area contributed by atoms with Gasteiger partial charge < -0.3 is 38.8 Å². The van der Waals surface area contributed by atoms with E-state index >= 15 is 0 Å². The van der Waals surface area contributed by atoms with Crippen LogP contribution in [0.3, 0.4) is 0 Å². The van der Waals surface area contributed by atoms with E-state index in [1.165, 1.54) is 50.6 Å². The molecule has 45 heavy (non-hydrogen) atoms. The average Bonchev–Trinajstić information content (AvgIpc) is 2.99. The van der Waals surface area contributed by atoms with E-state index in [9.17, 15) is 33.9 Å². The molecular weight excluding hydrogens is 618 g/mol. The summed E-state index contributed by atoms with van der Waals surface area (Å²) in [4.78, 5) is 74.7. The topological polar surface area (TPSA) is 190 Å². The third-order valence-electron chi connectivity index (χ3n) is 5.68. The molecule has 0 fully saturated rings. The number of halogens is 1. The van der Waals surface area contributed by atoms with E-state index in [1.54, 1.807) is 6.07 Å². The summed E-state index contributed by atoms with van der Waals surface area (Å²) in [6.45, 7) is 2.31. The highest BCUT2D eigenvalue weighted by atomic mass is 35.5. The summed E-state index contributed by atoms with van der Waals surface area (Å²) in [6, 6.07) is 12.9. The van der Waals surface area contributed by atoms with E-state index in [1.807, 2.05) is 0 Å². The van der Waals surface area contributed by atoms with Crippen LogP contribution in [0.5, 0.6) is 23.0 Å². The van der Waals surface area contributed by atoms with Gasteiger partial charge in [0.15, 0.2) is 23.0 Å². The number of amides is 1. The second kappa shape index (κ2) is 15.2. The van der Waals surface area contributed by atoms with Crippen molar-refractivity contribution in [2.75, 3.05) is 19.5 Å². The summed E-state index contributed by atoms with van der Waals surface area (Å²) in [6.07, 6.45) is -4.65. The second-order valence-electron chi connectivity index (χ2n) is 8.88. The number of hydrogen-bond acceptors (Lipinski definition) is 12. The number of benzene rings is 3. The van der Waals surface area contributed by atoms with Gasteiger partial charge in [0, 0.05) is 13.8 Å². The van der Waals surface area contributed by atoms with Gasteiger partial charge in [0.2, 0.25) is 12.2 Å². The van der Waals surface area contributed by atoms with E-state index in [2.05, 4.69) is 5.32 Å². The summed E-state index contributed by atoms with van der Waals surface area (Å²) in [5.74, 6) is -7.02. The first-order valence-corrected chi connectivity index (χ1v) is 13.2. The minimum Gasteiger partial charge on any atom is -0.493 e. The highest BCUT2D eigenvalue weighted by Gasteiger charge is 2.41. The quantitative estimate of drug-likeness (QED) is 0.215. The lowest BCUT2D eigenvalue weighted by molar-refractivity contribution is -0.157. The fourth-order valence-electron chi connectivity index (χ4n) is 3.70. The molecule has 0 aliphatic heterocycles. The Morgan fingerprint density at radius 2 is 1.16 bits per heavy atom. The standard InChI is InChI=1S/C30H26ClNO13/c1-15(33)42-21-11-9-17(13-23(21)40-3)29(38)44-25(27(35)32-20-8-6-5-7-19(20)31)26(28(36)37)45-30(39)18-10-12-22(43-16(2)34)24(14-18)41-4/h5-14,25-26H,1-4H3,(H,32,35)(H,36,37)/t25-,26+/m0/s1. The molecule has 0 aromatic heterocycles. The molecule has 1 amide bonds. The lowest BCUT2D eigenvalue weighted by Crippen LogP contribution is -2.48. The molecule has 3 aromatic rings. The number of anilines is 1. The molecule has 0 saturated heterocycles. The van der Waals surface area contributed by atoms with E-state index in [-0.39, 0.29) is 44.8 Å². The zero-order valence-corrected chi connectivity index (χ0v) is 24.9. The van der Waals surface area contributed by atoms with Crippen LogP contribution in [0.2, 0.25) is 5.02 Å². The summed E-state index contributed by atoms with van der Waals surface area (Å²) in [5, 5.41) is 12.4. The minimum atomic E-state index is -2.38. The fourth-order valence-corrected chi connectivity index (χ4v) is 3.88. The molecule has 2 N–H and O–H groups in total. The number of rotatable bonds is 12. The highest BCUT2D eigenvalue weighted by Crippen LogP contribution is 2.30. The third kappa shape index (κ3) is 8.93. The Hall–Kier alpha value is -5.63. The number of carboxylic acids is 1. The Kier molecular flexibility index (Phi) is 11.4. The number of hydrogen-bond donors (Lipinski definition) is 2. The number of aliphatic carboxylic acids is 1. The molecule has 3 aromatic carbocycles.